The molecular formula is C50H49NO8. The highest BCUT2D eigenvalue weighted by molar-refractivity contribution is 5.90. The quantitative estimate of drug-likeness (QED) is 0.0371. The lowest BCUT2D eigenvalue weighted by Gasteiger charge is -2.26. The van der Waals surface area contributed by atoms with E-state index in [1.807, 2.05) is 39.8 Å². The maximum Gasteiger partial charge on any atom is 0.338 e. The molecule has 0 aromatic heterocycles. The Morgan fingerprint density at radius 2 is 0.797 bits per heavy atom. The minimum atomic E-state index is -0.586. The van der Waals surface area contributed by atoms with Gasteiger partial charge in [-0.25, -0.2) is 19.2 Å². The molecule has 0 N–H and O–H groups in total. The van der Waals surface area contributed by atoms with E-state index in [2.05, 4.69) is 122 Å². The average Bonchev–Trinajstić information content (AvgIpc) is 3.27. The number of benzene rings is 5. The van der Waals surface area contributed by atoms with E-state index in [0.29, 0.717) is 5.56 Å². The van der Waals surface area contributed by atoms with E-state index in [9.17, 15) is 19.2 Å². The molecule has 5 aromatic carbocycles. The highest BCUT2D eigenvalue weighted by Gasteiger charge is 2.20. The van der Waals surface area contributed by atoms with Gasteiger partial charge in [-0.15, -0.1) is 0 Å². The summed E-state index contributed by atoms with van der Waals surface area (Å²) in [6.07, 6.45) is 2.78. The zero-order valence-corrected chi connectivity index (χ0v) is 33.8. The Balaban J connectivity index is 1.39. The van der Waals surface area contributed by atoms with Gasteiger partial charge in [-0.2, -0.15) is 0 Å². The van der Waals surface area contributed by atoms with E-state index in [4.69, 9.17) is 18.9 Å². The number of esters is 4. The van der Waals surface area contributed by atoms with Gasteiger partial charge in [0.05, 0.1) is 5.56 Å². The maximum atomic E-state index is 12.8. The second kappa shape index (κ2) is 20.4. The molecule has 0 aliphatic heterocycles. The lowest BCUT2D eigenvalue weighted by Crippen LogP contribution is -2.19. The third-order valence-corrected chi connectivity index (χ3v) is 10.2. The fraction of sp³-hybridized carbons (Fsp3) is 0.200. The van der Waals surface area contributed by atoms with Gasteiger partial charge < -0.3 is 23.8 Å². The van der Waals surface area contributed by atoms with Crippen LogP contribution in [0, 0.1) is 0 Å². The van der Waals surface area contributed by atoms with Crippen LogP contribution in [0.1, 0.15) is 61.0 Å². The molecular weight excluding hydrogens is 743 g/mol. The lowest BCUT2D eigenvalue weighted by molar-refractivity contribution is -0.143. The molecule has 0 spiro atoms. The minimum absolute atomic E-state index is 0.00184. The summed E-state index contributed by atoms with van der Waals surface area (Å²) in [6, 6.07) is 40.0. The molecule has 0 aliphatic carbocycles. The first-order chi connectivity index (χ1) is 28.4. The van der Waals surface area contributed by atoms with E-state index in [0.717, 1.165) is 56.5 Å². The number of rotatable bonds is 18. The zero-order valence-electron chi connectivity index (χ0n) is 33.8. The minimum Gasteiger partial charge on any atom is -0.459 e. The molecule has 0 fully saturated rings. The molecule has 5 aromatic rings. The number of hydrogen-bond donors (Lipinski definition) is 0. The van der Waals surface area contributed by atoms with E-state index in [1.165, 1.54) is 12.2 Å². The van der Waals surface area contributed by atoms with Gasteiger partial charge in [0.25, 0.3) is 0 Å². The largest absolute Gasteiger partial charge is 0.459 e. The summed E-state index contributed by atoms with van der Waals surface area (Å²) < 4.78 is 21.1. The Bertz CT molecular complexity index is 2120. The number of hydrogen-bond acceptors (Lipinski definition) is 9. The van der Waals surface area contributed by atoms with Gasteiger partial charge in [0.15, 0.2) is 0 Å². The van der Waals surface area contributed by atoms with Crippen molar-refractivity contribution in [2.45, 2.75) is 51.7 Å². The van der Waals surface area contributed by atoms with Crippen LogP contribution in [0.25, 0.3) is 22.3 Å². The molecule has 0 radical (unpaired) electrons. The van der Waals surface area contributed by atoms with E-state index in [-0.39, 0.29) is 37.3 Å². The molecule has 0 saturated heterocycles. The molecule has 302 valence electrons. The molecule has 59 heavy (non-hydrogen) atoms. The summed E-state index contributed by atoms with van der Waals surface area (Å²) in [6.45, 7) is 18.0. The lowest BCUT2D eigenvalue weighted by atomic mass is 9.94. The summed E-state index contributed by atoms with van der Waals surface area (Å²) >= 11 is 0. The maximum absolute atomic E-state index is 12.8. The average molecular weight is 792 g/mol. The summed E-state index contributed by atoms with van der Waals surface area (Å²) in [7, 11) is 0. The van der Waals surface area contributed by atoms with Gasteiger partial charge in [0.2, 0.25) is 0 Å². The van der Waals surface area contributed by atoms with Crippen molar-refractivity contribution in [1.29, 1.82) is 0 Å². The second-order valence-electron chi connectivity index (χ2n) is 14.0. The fourth-order valence-corrected chi connectivity index (χ4v) is 6.39. The van der Waals surface area contributed by atoms with Crippen molar-refractivity contribution in [1.82, 2.24) is 0 Å². The smallest absolute Gasteiger partial charge is 0.338 e. The molecule has 4 atom stereocenters. The van der Waals surface area contributed by atoms with Gasteiger partial charge in [0.1, 0.15) is 25.4 Å². The molecule has 9 heteroatoms. The Morgan fingerprint density at radius 3 is 1.15 bits per heavy atom. The van der Waals surface area contributed by atoms with Crippen LogP contribution in [-0.2, 0) is 33.3 Å². The second-order valence-corrected chi connectivity index (χ2v) is 14.0. The number of ether oxygens (including phenoxy) is 4. The van der Waals surface area contributed by atoms with E-state index in [1.54, 1.807) is 12.1 Å². The fourth-order valence-electron chi connectivity index (χ4n) is 6.39. The molecule has 0 amide bonds. The van der Waals surface area contributed by atoms with Crippen LogP contribution in [0.15, 0.2) is 159 Å². The molecule has 4 unspecified atom stereocenters. The van der Waals surface area contributed by atoms with E-state index >= 15 is 0 Å². The molecule has 0 bridgehead atoms. The third-order valence-electron chi connectivity index (χ3n) is 10.2. The van der Waals surface area contributed by atoms with Crippen molar-refractivity contribution in [3.63, 3.8) is 0 Å². The number of nitrogens with zero attached hydrogens (tertiary/aromatic N) is 1. The first-order valence-corrected chi connectivity index (χ1v) is 19.4. The van der Waals surface area contributed by atoms with Crippen LogP contribution in [0.3, 0.4) is 0 Å². The normalized spacial score (nSPS) is 12.7. The van der Waals surface area contributed by atoms with Crippen LogP contribution in [-0.4, -0.2) is 49.3 Å². The Hall–Kier alpha value is -7.00. The molecule has 5 rings (SSSR count). The standard InChI is InChI=1S/C50H49NO8/c1-8-47(52)56-31-32-57-50(55)43-23-29-46(30-24-43)51(44-25-19-41(20-26-44)39-15-11-37(12-16-39)33(4)35(6)58-48(53)9-2)45-27-21-42(22-28-45)40-17-13-38(14-18-40)34(5)36(7)59-49(54)10-3/h8-30,33-36H,1-3,31-32H2,4-7H3. The molecule has 0 heterocycles. The summed E-state index contributed by atoms with van der Waals surface area (Å²) in [5, 5.41) is 0. The van der Waals surface area contributed by atoms with E-state index < -0.39 is 23.9 Å². The van der Waals surface area contributed by atoms with Crippen LogP contribution >= 0.6 is 0 Å². The van der Waals surface area contributed by atoms with Crippen LogP contribution in [0.5, 0.6) is 0 Å². The monoisotopic (exact) mass is 791 g/mol. The highest BCUT2D eigenvalue weighted by Crippen LogP contribution is 2.37. The van der Waals surface area contributed by atoms with Crippen molar-refractivity contribution in [2.75, 3.05) is 18.1 Å². The van der Waals surface area contributed by atoms with Gasteiger partial charge in [0, 0.05) is 47.1 Å². The van der Waals surface area contributed by atoms with Gasteiger partial charge in [-0.1, -0.05) is 106 Å². The topological polar surface area (TPSA) is 108 Å². The van der Waals surface area contributed by atoms with Gasteiger partial charge >= 0.3 is 23.9 Å². The first kappa shape index (κ1) is 43.1. The highest BCUT2D eigenvalue weighted by atomic mass is 16.6. The predicted octanol–water partition coefficient (Wildman–Crippen LogP) is 10.8. The van der Waals surface area contributed by atoms with Gasteiger partial charge in [-0.05, 0) is 95.8 Å². The summed E-state index contributed by atoms with van der Waals surface area (Å²) in [4.78, 5) is 49.6. The SMILES string of the molecule is C=CC(=O)OCCOC(=O)c1ccc(N(c2ccc(-c3ccc(C(C)C(C)OC(=O)C=C)cc3)cc2)c2ccc(-c3ccc(C(C)C(C)OC(=O)C=C)cc3)cc2)cc1. The van der Waals surface area contributed by atoms with Crippen LogP contribution < -0.4 is 4.90 Å². The number of carbonyl (C=O) groups is 4. The Labute approximate surface area is 346 Å². The predicted molar refractivity (Wildman–Crippen MR) is 232 cm³/mol. The summed E-state index contributed by atoms with van der Waals surface area (Å²) in [5.41, 5.74) is 9.20. The van der Waals surface area contributed by atoms with Crippen molar-refractivity contribution in [3.8, 4) is 22.3 Å². The third kappa shape index (κ3) is 11.3. The zero-order chi connectivity index (χ0) is 42.5. The molecule has 9 nitrogen and oxygen atoms in total. The Morgan fingerprint density at radius 1 is 0.475 bits per heavy atom. The Kier molecular flexibility index (Phi) is 14.9. The van der Waals surface area contributed by atoms with Crippen molar-refractivity contribution in [3.05, 3.63) is 176 Å². The van der Waals surface area contributed by atoms with Crippen molar-refractivity contribution < 1.29 is 38.1 Å². The van der Waals surface area contributed by atoms with Crippen LogP contribution in [0.2, 0.25) is 0 Å². The number of anilines is 3. The molecule has 0 saturated carbocycles. The van der Waals surface area contributed by atoms with Crippen molar-refractivity contribution >= 4 is 40.9 Å². The van der Waals surface area contributed by atoms with Crippen molar-refractivity contribution in [2.24, 2.45) is 0 Å². The summed E-state index contributed by atoms with van der Waals surface area (Å²) in [5.74, 6) is -2.01. The first-order valence-electron chi connectivity index (χ1n) is 19.4. The van der Waals surface area contributed by atoms with Crippen LogP contribution in [0.4, 0.5) is 17.1 Å². The van der Waals surface area contributed by atoms with Gasteiger partial charge in [-0.3, -0.25) is 0 Å². The number of carbonyl (C=O) groups excluding carboxylic acids is 4. The molecule has 0 aliphatic rings.